The van der Waals surface area contributed by atoms with Crippen molar-refractivity contribution in [1.82, 2.24) is 0 Å². The van der Waals surface area contributed by atoms with Gasteiger partial charge in [-0.05, 0) is 59.2 Å². The first-order chi connectivity index (χ1) is 21.5. The molecule has 46 heavy (non-hydrogen) atoms. The van der Waals surface area contributed by atoms with E-state index < -0.39 is 6.15 Å². The first-order valence-corrected chi connectivity index (χ1v) is 16.3. The fourth-order valence-electron chi connectivity index (χ4n) is 6.93. The van der Waals surface area contributed by atoms with E-state index in [1.54, 1.807) is 0 Å². The smallest absolute Gasteiger partial charge is 0.108 e. The topological polar surface area (TPSA) is 0 Å². The Labute approximate surface area is 306 Å². The fourth-order valence-corrected chi connectivity index (χ4v) is 6.93. The summed E-state index contributed by atoms with van der Waals surface area (Å²) in [7, 11) is 0. The van der Waals surface area contributed by atoms with Crippen LogP contribution < -0.4 is 21.9 Å². The Balaban J connectivity index is 0.000000227. The van der Waals surface area contributed by atoms with Crippen LogP contribution in [-0.2, 0) is 0 Å². The van der Waals surface area contributed by atoms with Crippen LogP contribution in [0.15, 0.2) is 121 Å². The van der Waals surface area contributed by atoms with Crippen LogP contribution in [0.5, 0.6) is 0 Å². The molecule has 0 spiro atoms. The second-order valence-electron chi connectivity index (χ2n) is 12.8. The Morgan fingerprint density at radius 3 is 0.500 bits per heavy atom. The predicted octanol–water partition coefficient (Wildman–Crippen LogP) is 9.01. The van der Waals surface area contributed by atoms with E-state index in [1.165, 1.54) is 81.0 Å². The molecule has 0 amide bonds. The van der Waals surface area contributed by atoms with Gasteiger partial charge in [0.25, 0.3) is 0 Å². The van der Waals surface area contributed by atoms with Crippen LogP contribution in [0.1, 0.15) is 69.2 Å². The molecular weight excluding hydrogens is 777 g/mol. The normalized spacial score (nSPS) is 18.5. The van der Waals surface area contributed by atoms with Crippen molar-refractivity contribution in [2.75, 3.05) is 0 Å². The van der Waals surface area contributed by atoms with Gasteiger partial charge in [0.05, 0.1) is 0 Å². The molecule has 2 aliphatic carbocycles. The van der Waals surface area contributed by atoms with Gasteiger partial charge in [0.1, 0.15) is 6.15 Å². The van der Waals surface area contributed by atoms with Gasteiger partial charge in [-0.3, -0.25) is 0 Å². The van der Waals surface area contributed by atoms with Gasteiger partial charge in [0.2, 0.25) is 0 Å². The maximum atomic E-state index is 2.26. The van der Waals surface area contributed by atoms with Crippen LogP contribution in [0, 0.1) is 90.3 Å². The van der Waals surface area contributed by atoms with Crippen LogP contribution in [0.2, 0.25) is 0 Å². The zero-order valence-electron chi connectivity index (χ0n) is 29.6. The summed E-state index contributed by atoms with van der Waals surface area (Å²) in [5.74, 6) is 14.7. The summed E-state index contributed by atoms with van der Waals surface area (Å²) in [6, 6.07) is 43.5. The number of benzene rings is 4. The van der Waals surface area contributed by atoms with Crippen molar-refractivity contribution in [2.24, 2.45) is 0 Å². The average molecular weight is 828 g/mol. The average Bonchev–Trinajstić information content (AvgIpc) is 3.37. The van der Waals surface area contributed by atoms with E-state index in [1.807, 2.05) is 0 Å². The largest absolute Gasteiger partial charge is 0.195 e. The van der Waals surface area contributed by atoms with Gasteiger partial charge >= 0.3 is 0 Å². The molecule has 0 atom stereocenters. The van der Waals surface area contributed by atoms with Crippen molar-refractivity contribution in [1.29, 1.82) is 0 Å². The molecule has 0 nitrogen and oxygen atoms in total. The monoisotopic (exact) mass is 827 g/mol. The molecule has 0 aromatic heterocycles. The van der Waals surface area contributed by atoms with Crippen LogP contribution in [0.3, 0.4) is 0 Å². The minimum absolute atomic E-state index is 0. The summed E-state index contributed by atoms with van der Waals surface area (Å²) < 4.78 is 0. The number of rotatable bonds is 4. The molecule has 4 aromatic carbocycles. The summed E-state index contributed by atoms with van der Waals surface area (Å²) in [5.41, 5.74) is 5.36. The maximum Gasteiger partial charge on any atom is 0.108 e. The van der Waals surface area contributed by atoms with Crippen LogP contribution in [-0.4, -0.2) is 6.15 Å². The molecule has 0 heterocycles. The Morgan fingerprint density at radius 1 is 0.239 bits per heavy atom. The van der Waals surface area contributed by atoms with E-state index in [9.17, 15) is 0 Å². The minimum atomic E-state index is -1.22. The Bertz CT molecular complexity index is 1120. The summed E-state index contributed by atoms with van der Waals surface area (Å²) in [6.07, 6.45) is -1.22. The number of hydrogen-bond acceptors (Lipinski definition) is 0. The summed E-state index contributed by atoms with van der Waals surface area (Å²) >= 11 is 0. The SMILES string of the molecule is C[C]1[C](C)[C](C)[C](C)[C]1C.C[C]1[C](C)[C](C)[C](C)[C]1C.[U].c1ccc([B-](c2ccccc2)(c2ccccc2)c2ccccc2)cc1. The van der Waals surface area contributed by atoms with E-state index in [-0.39, 0.29) is 31.1 Å². The first kappa shape index (κ1) is 38.4. The molecule has 234 valence electrons. The van der Waals surface area contributed by atoms with Gasteiger partial charge in [0, 0.05) is 31.1 Å². The molecular formula is C44H50BU-. The van der Waals surface area contributed by atoms with Crippen molar-refractivity contribution in [3.05, 3.63) is 181 Å². The second kappa shape index (κ2) is 17.4. The molecule has 2 aliphatic rings. The zero-order valence-corrected chi connectivity index (χ0v) is 33.8. The molecule has 6 rings (SSSR count). The first-order valence-electron chi connectivity index (χ1n) is 16.3. The Morgan fingerprint density at radius 2 is 0.370 bits per heavy atom. The Kier molecular flexibility index (Phi) is 14.6. The number of hydrogen-bond donors (Lipinski definition) is 0. The van der Waals surface area contributed by atoms with Gasteiger partial charge < -0.3 is 0 Å². The summed E-state index contributed by atoms with van der Waals surface area (Å²) in [4.78, 5) is 0. The van der Waals surface area contributed by atoms with E-state index in [2.05, 4.69) is 191 Å². The molecule has 0 saturated heterocycles. The Hall–Kier alpha value is -2.00. The fraction of sp³-hybridized carbons (Fsp3) is 0.227. The van der Waals surface area contributed by atoms with Gasteiger partial charge in [0.15, 0.2) is 0 Å². The van der Waals surface area contributed by atoms with Gasteiger partial charge in [-0.25, -0.2) is 0 Å². The summed E-state index contributed by atoms with van der Waals surface area (Å²) in [5, 5.41) is 0. The van der Waals surface area contributed by atoms with E-state index in [4.69, 9.17) is 0 Å². The molecule has 0 unspecified atom stereocenters. The maximum absolute atomic E-state index is 2.26. The zero-order chi connectivity index (χ0) is 32.7. The molecule has 2 heteroatoms. The van der Waals surface area contributed by atoms with Crippen molar-refractivity contribution in [2.45, 2.75) is 69.2 Å². The second-order valence-corrected chi connectivity index (χ2v) is 12.8. The molecule has 4 aromatic rings. The molecule has 2 saturated carbocycles. The van der Waals surface area contributed by atoms with E-state index in [0.717, 1.165) is 0 Å². The van der Waals surface area contributed by atoms with E-state index >= 15 is 0 Å². The standard InChI is InChI=1S/C24H20B.2C10H15.U/c1-5-13-21(14-6-1)25(22-15-7-2-8-16-22,23-17-9-3-10-18-23)24-19-11-4-12-20-24;2*1-6-7(2)9(4)10(5)8(6)3;/h1-20H;2*1-5H3;/q-1;;;. The molecule has 0 aliphatic heterocycles. The van der Waals surface area contributed by atoms with E-state index in [0.29, 0.717) is 0 Å². The molecule has 0 bridgehead atoms. The minimum Gasteiger partial charge on any atom is -0.195 e. The summed E-state index contributed by atoms with van der Waals surface area (Å²) in [6.45, 7) is 22.0. The quantitative estimate of drug-likeness (QED) is 0.180. The molecule has 2 fully saturated rings. The molecule has 0 N–H and O–H groups in total. The predicted molar refractivity (Wildman–Crippen MR) is 199 cm³/mol. The van der Waals surface area contributed by atoms with Crippen molar-refractivity contribution in [3.8, 4) is 0 Å². The third-order valence-electron chi connectivity index (χ3n) is 10.8. The third kappa shape index (κ3) is 7.99. The molecule has 10 radical (unpaired) electrons. The van der Waals surface area contributed by atoms with Crippen molar-refractivity contribution >= 4 is 28.0 Å². The van der Waals surface area contributed by atoms with Crippen LogP contribution in [0.4, 0.5) is 0 Å². The van der Waals surface area contributed by atoms with Gasteiger partial charge in [-0.15, -0.1) is 0 Å². The third-order valence-corrected chi connectivity index (χ3v) is 10.8. The van der Waals surface area contributed by atoms with Crippen LogP contribution in [0.25, 0.3) is 0 Å². The van der Waals surface area contributed by atoms with Crippen molar-refractivity contribution < 1.29 is 31.1 Å². The van der Waals surface area contributed by atoms with Gasteiger partial charge in [-0.1, -0.05) is 191 Å². The van der Waals surface area contributed by atoms with Gasteiger partial charge in [-0.2, -0.15) is 21.9 Å². The van der Waals surface area contributed by atoms with Crippen molar-refractivity contribution in [3.63, 3.8) is 0 Å². The van der Waals surface area contributed by atoms with Crippen LogP contribution >= 0.6 is 0 Å².